The number of nitrogens with one attached hydrogen (secondary N) is 1. The molecule has 11 heteroatoms. The van der Waals surface area contributed by atoms with Crippen LogP contribution in [0.15, 0.2) is 41.2 Å². The number of nitrogens with zero attached hydrogens (tertiary/aromatic N) is 3. The molecule has 0 spiro atoms. The van der Waals surface area contributed by atoms with Crippen LogP contribution in [0.1, 0.15) is 70.3 Å². The third kappa shape index (κ3) is 4.30. The zero-order chi connectivity index (χ0) is 31.8. The second kappa shape index (κ2) is 10.7. The van der Waals surface area contributed by atoms with E-state index < -0.39 is 23.7 Å². The first kappa shape index (κ1) is 29.5. The van der Waals surface area contributed by atoms with Gasteiger partial charge in [-0.05, 0) is 73.2 Å². The highest BCUT2D eigenvalue weighted by molar-refractivity contribution is 6.32. The predicted octanol–water partition coefficient (Wildman–Crippen LogP) is 4.93. The number of hydrogen-bond donors (Lipinski definition) is 3. The van der Waals surface area contributed by atoms with Gasteiger partial charge in [0, 0.05) is 34.6 Å². The topological polar surface area (TPSA) is 134 Å². The number of aromatic nitrogens is 2. The van der Waals surface area contributed by atoms with E-state index in [0.717, 1.165) is 38.8 Å². The second-order valence-corrected chi connectivity index (χ2v) is 12.5. The highest BCUT2D eigenvalue weighted by Crippen LogP contribution is 2.48. The molecular weight excluding hydrogens is 596 g/mol. The number of amides is 1. The van der Waals surface area contributed by atoms with Crippen LogP contribution in [0, 0.1) is 6.92 Å². The van der Waals surface area contributed by atoms with E-state index in [1.54, 1.807) is 23.6 Å². The highest BCUT2D eigenvalue weighted by atomic mass is 35.5. The number of fused-ring (bicyclic) bond motifs is 5. The summed E-state index contributed by atoms with van der Waals surface area (Å²) >= 11 is 6.71. The summed E-state index contributed by atoms with van der Waals surface area (Å²) in [5.74, 6) is -0.788. The maximum Gasteiger partial charge on any atom is 0.408 e. The van der Waals surface area contributed by atoms with Crippen LogP contribution in [-0.4, -0.2) is 43.8 Å². The van der Waals surface area contributed by atoms with Crippen molar-refractivity contribution in [2.75, 3.05) is 7.05 Å². The van der Waals surface area contributed by atoms with E-state index in [2.05, 4.69) is 5.32 Å². The van der Waals surface area contributed by atoms with Crippen molar-refractivity contribution < 1.29 is 24.5 Å². The van der Waals surface area contributed by atoms with E-state index in [-0.39, 0.29) is 42.8 Å². The third-order valence-electron chi connectivity index (χ3n) is 9.80. The monoisotopic (exact) mass is 628 g/mol. The predicted molar refractivity (Wildman–Crippen MR) is 168 cm³/mol. The van der Waals surface area contributed by atoms with Crippen molar-refractivity contribution in [3.8, 4) is 11.4 Å². The quantitative estimate of drug-likeness (QED) is 0.226. The van der Waals surface area contributed by atoms with E-state index in [9.17, 15) is 24.6 Å². The van der Waals surface area contributed by atoms with Crippen LogP contribution < -0.4 is 10.9 Å². The van der Waals surface area contributed by atoms with Crippen molar-refractivity contribution >= 4 is 34.6 Å². The number of benzene rings is 2. The van der Waals surface area contributed by atoms with Crippen LogP contribution in [0.4, 0.5) is 4.79 Å². The standard InChI is InChI=1S/C34H33ClN4O6/c1-4-34(44)23-11-27-30-21(15-38(27)31(40)22(23)16-45-32(34)41)29-26(10-9-20-17(2)24(35)12-25(37-30)28(20)29)39(33(42)43)14-19-8-6-5-7-18(19)13-36-3/h5-8,11-12,26,36,44H,4,9-10,13-16H2,1-3H3,(H,42,43)/t26-,34-/m0/s1. The molecule has 0 radical (unpaired) electrons. The van der Waals surface area contributed by atoms with Crippen molar-refractivity contribution in [1.82, 2.24) is 19.8 Å². The molecule has 0 saturated carbocycles. The lowest BCUT2D eigenvalue weighted by Crippen LogP contribution is -2.44. The summed E-state index contributed by atoms with van der Waals surface area (Å²) in [5, 5.41) is 26.6. The number of carbonyl (C=O) groups excluding carboxylic acids is 1. The maximum absolute atomic E-state index is 13.9. The molecule has 232 valence electrons. The summed E-state index contributed by atoms with van der Waals surface area (Å²) < 4.78 is 6.83. The summed E-state index contributed by atoms with van der Waals surface area (Å²) in [6.07, 6.45) is 0.139. The van der Waals surface area contributed by atoms with E-state index >= 15 is 0 Å². The molecule has 4 aromatic rings. The van der Waals surface area contributed by atoms with Crippen molar-refractivity contribution in [3.63, 3.8) is 0 Å². The Kier molecular flexibility index (Phi) is 6.99. The number of carboxylic acid groups (broad SMARTS) is 1. The van der Waals surface area contributed by atoms with Crippen LogP contribution in [0.25, 0.3) is 22.3 Å². The number of pyridine rings is 2. The Balaban J connectivity index is 1.47. The molecule has 1 amide bonds. The van der Waals surface area contributed by atoms with Crippen LogP contribution in [0.5, 0.6) is 0 Å². The largest absolute Gasteiger partial charge is 0.465 e. The van der Waals surface area contributed by atoms with Crippen LogP contribution in [-0.2, 0) is 47.8 Å². The van der Waals surface area contributed by atoms with Crippen LogP contribution in [0.2, 0.25) is 5.02 Å². The molecule has 3 aliphatic rings. The average Bonchev–Trinajstić information content (AvgIpc) is 3.40. The number of halogens is 1. The Hall–Kier alpha value is -4.25. The van der Waals surface area contributed by atoms with Crippen LogP contribution in [0.3, 0.4) is 0 Å². The van der Waals surface area contributed by atoms with Crippen molar-refractivity contribution in [2.24, 2.45) is 0 Å². The molecule has 0 fully saturated rings. The lowest BCUT2D eigenvalue weighted by atomic mass is 9.81. The molecule has 3 N–H and O–H groups in total. The summed E-state index contributed by atoms with van der Waals surface area (Å²) in [4.78, 5) is 46.2. The molecule has 0 saturated heterocycles. The molecule has 2 atom stereocenters. The van der Waals surface area contributed by atoms with Gasteiger partial charge < -0.3 is 24.8 Å². The highest BCUT2D eigenvalue weighted by Gasteiger charge is 2.46. The first-order valence-corrected chi connectivity index (χ1v) is 15.5. The Morgan fingerprint density at radius 3 is 2.67 bits per heavy atom. The second-order valence-electron chi connectivity index (χ2n) is 12.1. The summed E-state index contributed by atoms with van der Waals surface area (Å²) in [6.45, 7) is 4.36. The normalized spacial score (nSPS) is 19.6. The van der Waals surface area contributed by atoms with Gasteiger partial charge in [0.25, 0.3) is 5.56 Å². The number of cyclic esters (lactones) is 1. The molecule has 10 nitrogen and oxygen atoms in total. The molecule has 2 aromatic heterocycles. The first-order chi connectivity index (χ1) is 21.6. The lowest BCUT2D eigenvalue weighted by Gasteiger charge is -2.36. The van der Waals surface area contributed by atoms with Gasteiger partial charge in [0.05, 0.1) is 35.1 Å². The zero-order valence-electron chi connectivity index (χ0n) is 25.2. The van der Waals surface area contributed by atoms with E-state index in [1.807, 2.05) is 38.2 Å². The van der Waals surface area contributed by atoms with Gasteiger partial charge in [0.15, 0.2) is 5.60 Å². The average molecular weight is 629 g/mol. The summed E-state index contributed by atoms with van der Waals surface area (Å²) in [5.41, 5.74) is 5.22. The number of esters is 1. The van der Waals surface area contributed by atoms with Gasteiger partial charge in [0.2, 0.25) is 0 Å². The Bertz CT molecular complexity index is 2010. The summed E-state index contributed by atoms with van der Waals surface area (Å²) in [7, 11) is 1.86. The zero-order valence-corrected chi connectivity index (χ0v) is 26.0. The van der Waals surface area contributed by atoms with Gasteiger partial charge >= 0.3 is 12.1 Å². The fourth-order valence-corrected chi connectivity index (χ4v) is 7.63. The van der Waals surface area contributed by atoms with Gasteiger partial charge in [-0.25, -0.2) is 14.6 Å². The minimum absolute atomic E-state index is 0.0356. The van der Waals surface area contributed by atoms with Crippen molar-refractivity contribution in [3.05, 3.63) is 96.3 Å². The fraction of sp³-hybridized carbons (Fsp3) is 0.353. The van der Waals surface area contributed by atoms with Gasteiger partial charge in [-0.3, -0.25) is 9.69 Å². The van der Waals surface area contributed by atoms with Gasteiger partial charge in [-0.1, -0.05) is 42.8 Å². The molecule has 1 aliphatic carbocycles. The molecule has 2 aromatic carbocycles. The molecule has 2 aliphatic heterocycles. The Labute approximate surface area is 264 Å². The van der Waals surface area contributed by atoms with E-state index in [4.69, 9.17) is 21.3 Å². The van der Waals surface area contributed by atoms with Gasteiger partial charge in [-0.2, -0.15) is 0 Å². The molecule has 7 rings (SSSR count). The van der Waals surface area contributed by atoms with Crippen molar-refractivity contribution in [1.29, 1.82) is 0 Å². The Morgan fingerprint density at radius 1 is 1.20 bits per heavy atom. The molecular formula is C34H33ClN4O6. The first-order valence-electron chi connectivity index (χ1n) is 15.1. The number of rotatable bonds is 6. The van der Waals surface area contributed by atoms with E-state index in [0.29, 0.717) is 41.3 Å². The number of aryl methyl sites for hydroxylation is 1. The maximum atomic E-state index is 13.9. The minimum Gasteiger partial charge on any atom is -0.465 e. The number of ether oxygens (including phenoxy) is 1. The van der Waals surface area contributed by atoms with Crippen LogP contribution >= 0.6 is 11.6 Å². The van der Waals surface area contributed by atoms with Gasteiger partial charge in [-0.15, -0.1) is 0 Å². The van der Waals surface area contributed by atoms with E-state index in [1.165, 1.54) is 4.90 Å². The minimum atomic E-state index is -1.95. The van der Waals surface area contributed by atoms with Gasteiger partial charge in [0.1, 0.15) is 6.61 Å². The molecule has 45 heavy (non-hydrogen) atoms. The van der Waals surface area contributed by atoms with Crippen molar-refractivity contribution in [2.45, 2.75) is 71.0 Å². The number of carbonyl (C=O) groups is 2. The number of aliphatic hydroxyl groups is 1. The SMILES string of the molecule is CC[C@@]1(O)C(=O)OCc2c1cc1n(c2=O)Cc2c-1nc1cc(Cl)c(C)c3c1c2[C@@H](N(Cc1ccccc1CNC)C(=O)O)CC3. The molecule has 0 unspecified atom stereocenters. The number of hydrogen-bond acceptors (Lipinski definition) is 7. The summed E-state index contributed by atoms with van der Waals surface area (Å²) in [6, 6.07) is 10.8. The Morgan fingerprint density at radius 2 is 1.96 bits per heavy atom. The molecule has 0 bridgehead atoms. The third-order valence-corrected chi connectivity index (χ3v) is 10.2. The lowest BCUT2D eigenvalue weighted by molar-refractivity contribution is -0.172. The molecule has 4 heterocycles. The smallest absolute Gasteiger partial charge is 0.408 e. The fourth-order valence-electron chi connectivity index (χ4n) is 7.41.